The molecule has 0 aliphatic carbocycles. The lowest BCUT2D eigenvalue weighted by Gasteiger charge is -2.06. The van der Waals surface area contributed by atoms with Crippen LogP contribution in [-0.2, 0) is 0 Å². The summed E-state index contributed by atoms with van der Waals surface area (Å²) >= 11 is 0. The van der Waals surface area contributed by atoms with Crippen molar-refractivity contribution in [1.82, 2.24) is 0 Å². The minimum absolute atomic E-state index is 0.0826. The maximum Gasteiger partial charge on any atom is 0.196 e. The topological polar surface area (TPSA) is 66.8 Å². The monoisotopic (exact) mass is 258 g/mol. The molecular weight excluding hydrogens is 244 g/mol. The van der Waals surface area contributed by atoms with Gasteiger partial charge in [-0.15, -0.1) is 0 Å². The van der Waals surface area contributed by atoms with Gasteiger partial charge in [0.15, 0.2) is 5.78 Å². The average molecular weight is 258 g/mol. The van der Waals surface area contributed by atoms with Crippen molar-refractivity contribution in [2.45, 2.75) is 6.92 Å². The van der Waals surface area contributed by atoms with Crippen molar-refractivity contribution in [3.05, 3.63) is 53.6 Å². The van der Waals surface area contributed by atoms with E-state index in [0.717, 1.165) is 6.07 Å². The third-order valence-corrected chi connectivity index (χ3v) is 2.65. The van der Waals surface area contributed by atoms with Crippen LogP contribution in [0.1, 0.15) is 22.8 Å². The van der Waals surface area contributed by atoms with Crippen LogP contribution in [0.25, 0.3) is 0 Å². The van der Waals surface area contributed by atoms with E-state index in [2.05, 4.69) is 0 Å². The van der Waals surface area contributed by atoms with Crippen molar-refractivity contribution in [3.8, 4) is 17.2 Å². The zero-order chi connectivity index (χ0) is 13.8. The number of carbonyl (C=O) groups excluding carboxylic acids is 1. The fraction of sp³-hybridized carbons (Fsp3) is 0.133. The van der Waals surface area contributed by atoms with Crippen LogP contribution in [0.15, 0.2) is 42.5 Å². The van der Waals surface area contributed by atoms with E-state index in [1.165, 1.54) is 12.1 Å². The highest BCUT2D eigenvalue weighted by Crippen LogP contribution is 2.25. The largest absolute Gasteiger partial charge is 0.508 e. The number of phenolic OH excluding ortho intramolecular Hbond substituents is 2. The van der Waals surface area contributed by atoms with Gasteiger partial charge in [0.2, 0.25) is 0 Å². The normalized spacial score (nSPS) is 10.2. The number of ketones is 1. The van der Waals surface area contributed by atoms with Gasteiger partial charge in [0.05, 0.1) is 12.2 Å². The summed E-state index contributed by atoms with van der Waals surface area (Å²) in [5.41, 5.74) is 0.603. The standard InChI is InChI=1S/C15H14O4/c1-2-19-12-6-3-10(4-7-12)15(18)13-8-5-11(16)9-14(13)17/h3-9,16-17H,2H2,1H3. The summed E-state index contributed by atoms with van der Waals surface area (Å²) in [6, 6.07) is 10.6. The highest BCUT2D eigenvalue weighted by Gasteiger charge is 2.13. The van der Waals surface area contributed by atoms with E-state index in [-0.39, 0.29) is 22.8 Å². The van der Waals surface area contributed by atoms with Crippen molar-refractivity contribution in [2.24, 2.45) is 0 Å². The van der Waals surface area contributed by atoms with Crippen molar-refractivity contribution < 1.29 is 19.7 Å². The van der Waals surface area contributed by atoms with Crippen LogP contribution in [0.5, 0.6) is 17.2 Å². The Kier molecular flexibility index (Phi) is 3.71. The molecule has 0 aromatic heterocycles. The first-order valence-electron chi connectivity index (χ1n) is 5.91. The zero-order valence-electron chi connectivity index (χ0n) is 10.5. The molecular formula is C15H14O4. The lowest BCUT2D eigenvalue weighted by Crippen LogP contribution is -2.01. The Bertz CT molecular complexity index is 588. The lowest BCUT2D eigenvalue weighted by atomic mass is 10.0. The molecule has 0 fully saturated rings. The van der Waals surface area contributed by atoms with E-state index in [0.29, 0.717) is 17.9 Å². The first-order chi connectivity index (χ1) is 9.11. The summed E-state index contributed by atoms with van der Waals surface area (Å²) in [6.45, 7) is 2.44. The molecule has 2 aromatic rings. The van der Waals surface area contributed by atoms with Gasteiger partial charge in [-0.05, 0) is 43.3 Å². The van der Waals surface area contributed by atoms with Crippen LogP contribution in [0.4, 0.5) is 0 Å². The predicted octanol–water partition coefficient (Wildman–Crippen LogP) is 2.73. The quantitative estimate of drug-likeness (QED) is 0.827. The lowest BCUT2D eigenvalue weighted by molar-refractivity contribution is 0.103. The predicted molar refractivity (Wildman–Crippen MR) is 70.8 cm³/mol. The summed E-state index contributed by atoms with van der Waals surface area (Å²) in [5.74, 6) is 0.0640. The smallest absolute Gasteiger partial charge is 0.196 e. The maximum absolute atomic E-state index is 12.2. The Morgan fingerprint density at radius 3 is 2.37 bits per heavy atom. The molecule has 0 saturated carbocycles. The molecule has 4 heteroatoms. The van der Waals surface area contributed by atoms with E-state index in [4.69, 9.17) is 4.74 Å². The van der Waals surface area contributed by atoms with E-state index in [9.17, 15) is 15.0 Å². The van der Waals surface area contributed by atoms with Crippen molar-refractivity contribution in [1.29, 1.82) is 0 Å². The number of rotatable bonds is 4. The fourth-order valence-corrected chi connectivity index (χ4v) is 1.74. The molecule has 0 bridgehead atoms. The fourth-order valence-electron chi connectivity index (χ4n) is 1.74. The van der Waals surface area contributed by atoms with Crippen molar-refractivity contribution in [2.75, 3.05) is 6.61 Å². The number of benzene rings is 2. The van der Waals surface area contributed by atoms with E-state index >= 15 is 0 Å². The molecule has 0 spiro atoms. The van der Waals surface area contributed by atoms with Gasteiger partial charge in [-0.1, -0.05) is 0 Å². The first-order valence-corrected chi connectivity index (χ1v) is 5.91. The molecule has 0 saturated heterocycles. The van der Waals surface area contributed by atoms with Crippen molar-refractivity contribution >= 4 is 5.78 Å². The van der Waals surface area contributed by atoms with Gasteiger partial charge in [0.1, 0.15) is 17.2 Å². The zero-order valence-corrected chi connectivity index (χ0v) is 10.5. The van der Waals surface area contributed by atoms with Gasteiger partial charge in [0, 0.05) is 11.6 Å². The van der Waals surface area contributed by atoms with Gasteiger partial charge in [-0.3, -0.25) is 4.79 Å². The first kappa shape index (κ1) is 13.0. The summed E-state index contributed by atoms with van der Waals surface area (Å²) in [6.07, 6.45) is 0. The average Bonchev–Trinajstić information content (AvgIpc) is 2.39. The van der Waals surface area contributed by atoms with Gasteiger partial charge in [0.25, 0.3) is 0 Å². The van der Waals surface area contributed by atoms with Gasteiger partial charge >= 0.3 is 0 Å². The van der Waals surface area contributed by atoms with E-state index in [1.54, 1.807) is 24.3 Å². The Hall–Kier alpha value is -2.49. The Morgan fingerprint density at radius 2 is 1.79 bits per heavy atom. The number of aromatic hydroxyl groups is 2. The van der Waals surface area contributed by atoms with Crippen LogP contribution in [0, 0.1) is 0 Å². The minimum Gasteiger partial charge on any atom is -0.508 e. The summed E-state index contributed by atoms with van der Waals surface area (Å²) in [5, 5.41) is 18.9. The molecule has 19 heavy (non-hydrogen) atoms. The Labute approximate surface area is 110 Å². The molecule has 0 unspecified atom stereocenters. The van der Waals surface area contributed by atoms with E-state index in [1.807, 2.05) is 6.92 Å². The summed E-state index contributed by atoms with van der Waals surface area (Å²) < 4.78 is 5.29. The van der Waals surface area contributed by atoms with Gasteiger partial charge in [-0.2, -0.15) is 0 Å². The van der Waals surface area contributed by atoms with Gasteiger partial charge in [-0.25, -0.2) is 0 Å². The number of hydrogen-bond donors (Lipinski definition) is 2. The summed E-state index contributed by atoms with van der Waals surface area (Å²) in [7, 11) is 0. The van der Waals surface area contributed by atoms with Crippen molar-refractivity contribution in [3.63, 3.8) is 0 Å². The maximum atomic E-state index is 12.2. The molecule has 2 aromatic carbocycles. The molecule has 4 nitrogen and oxygen atoms in total. The molecule has 0 aliphatic heterocycles. The minimum atomic E-state index is -0.305. The van der Waals surface area contributed by atoms with Crippen LogP contribution in [-0.4, -0.2) is 22.6 Å². The molecule has 0 radical (unpaired) electrons. The second-order valence-corrected chi connectivity index (χ2v) is 3.99. The number of carbonyl (C=O) groups is 1. The molecule has 0 heterocycles. The second-order valence-electron chi connectivity index (χ2n) is 3.99. The van der Waals surface area contributed by atoms with Crippen LogP contribution in [0.2, 0.25) is 0 Å². The highest BCUT2D eigenvalue weighted by molar-refractivity contribution is 6.10. The number of hydrogen-bond acceptors (Lipinski definition) is 4. The summed E-state index contributed by atoms with van der Waals surface area (Å²) in [4.78, 5) is 12.2. The van der Waals surface area contributed by atoms with Crippen LogP contribution < -0.4 is 4.74 Å². The van der Waals surface area contributed by atoms with Crippen LogP contribution in [0.3, 0.4) is 0 Å². The van der Waals surface area contributed by atoms with E-state index < -0.39 is 0 Å². The Balaban J connectivity index is 2.28. The third-order valence-electron chi connectivity index (χ3n) is 2.65. The molecule has 0 aliphatic rings. The second kappa shape index (κ2) is 5.44. The Morgan fingerprint density at radius 1 is 1.11 bits per heavy atom. The third kappa shape index (κ3) is 2.85. The van der Waals surface area contributed by atoms with Crippen LogP contribution >= 0.6 is 0 Å². The molecule has 0 atom stereocenters. The number of phenols is 2. The SMILES string of the molecule is CCOc1ccc(C(=O)c2ccc(O)cc2O)cc1. The highest BCUT2D eigenvalue weighted by atomic mass is 16.5. The molecule has 2 rings (SSSR count). The number of ether oxygens (including phenoxy) is 1. The molecule has 2 N–H and O–H groups in total. The van der Waals surface area contributed by atoms with Gasteiger partial charge < -0.3 is 14.9 Å². The molecule has 0 amide bonds. The molecule has 98 valence electrons.